The van der Waals surface area contributed by atoms with Crippen molar-refractivity contribution in [3.8, 4) is 0 Å². The first-order valence-electron chi connectivity index (χ1n) is 6.55. The minimum atomic E-state index is -4.01. The molecule has 2 atom stereocenters. The Morgan fingerprint density at radius 3 is 2.60 bits per heavy atom. The highest BCUT2D eigenvalue weighted by atomic mass is 32.2. The summed E-state index contributed by atoms with van der Waals surface area (Å²) in [6.45, 7) is 2.34. The van der Waals surface area contributed by atoms with E-state index in [2.05, 4.69) is 11.6 Å². The van der Waals surface area contributed by atoms with Crippen LogP contribution < -0.4 is 10.5 Å². The van der Waals surface area contributed by atoms with Crippen molar-refractivity contribution in [3.05, 3.63) is 23.8 Å². The van der Waals surface area contributed by atoms with Crippen molar-refractivity contribution in [2.75, 3.05) is 12.3 Å². The molecule has 1 aliphatic rings. The average Bonchev–Trinajstić information content (AvgIpc) is 2.77. The number of halogens is 2. The summed E-state index contributed by atoms with van der Waals surface area (Å²) in [5, 5.41) is 0. The van der Waals surface area contributed by atoms with Gasteiger partial charge in [-0.2, -0.15) is 0 Å². The second-order valence-corrected chi connectivity index (χ2v) is 7.06. The lowest BCUT2D eigenvalue weighted by atomic mass is 9.99. The van der Waals surface area contributed by atoms with Crippen LogP contribution in [-0.2, 0) is 10.0 Å². The van der Waals surface area contributed by atoms with E-state index in [-0.39, 0.29) is 18.2 Å². The van der Waals surface area contributed by atoms with Crippen molar-refractivity contribution in [1.82, 2.24) is 4.72 Å². The van der Waals surface area contributed by atoms with Crippen LogP contribution in [0.1, 0.15) is 26.2 Å². The smallest absolute Gasteiger partial charge is 0.243 e. The lowest BCUT2D eigenvalue weighted by Gasteiger charge is -2.16. The molecule has 0 aliphatic heterocycles. The Bertz CT molecular complexity index is 605. The van der Waals surface area contributed by atoms with Crippen molar-refractivity contribution in [3.63, 3.8) is 0 Å². The number of hydrogen-bond donors (Lipinski definition) is 2. The Kier molecular flexibility index (Phi) is 4.29. The molecule has 1 saturated carbocycles. The van der Waals surface area contributed by atoms with Crippen LogP contribution in [0, 0.1) is 23.5 Å². The van der Waals surface area contributed by atoms with E-state index in [0.29, 0.717) is 12.0 Å². The molecule has 0 amide bonds. The molecule has 0 radical (unpaired) electrons. The second kappa shape index (κ2) is 5.65. The molecule has 2 rings (SSSR count). The van der Waals surface area contributed by atoms with E-state index in [4.69, 9.17) is 5.73 Å². The molecule has 3 N–H and O–H groups in total. The third-order valence-electron chi connectivity index (χ3n) is 3.92. The average molecular weight is 304 g/mol. The van der Waals surface area contributed by atoms with Crippen LogP contribution in [0.15, 0.2) is 17.0 Å². The fourth-order valence-electron chi connectivity index (χ4n) is 2.57. The Balaban J connectivity index is 2.16. The Labute approximate surface area is 117 Å². The van der Waals surface area contributed by atoms with Gasteiger partial charge in [0.05, 0.1) is 5.69 Å². The van der Waals surface area contributed by atoms with E-state index in [0.717, 1.165) is 25.3 Å². The fraction of sp³-hybridized carbons (Fsp3) is 0.538. The van der Waals surface area contributed by atoms with Gasteiger partial charge in [-0.25, -0.2) is 21.9 Å². The molecule has 1 fully saturated rings. The van der Waals surface area contributed by atoms with Crippen LogP contribution in [0.5, 0.6) is 0 Å². The molecule has 0 saturated heterocycles. The Morgan fingerprint density at radius 1 is 1.30 bits per heavy atom. The first-order valence-corrected chi connectivity index (χ1v) is 8.04. The summed E-state index contributed by atoms with van der Waals surface area (Å²) in [6.07, 6.45) is 3.10. The molecule has 0 heterocycles. The first-order chi connectivity index (χ1) is 9.31. The molecule has 1 aromatic rings. The van der Waals surface area contributed by atoms with Crippen LogP contribution in [-0.4, -0.2) is 15.0 Å². The number of nitrogens with two attached hydrogens (primary N) is 1. The number of anilines is 1. The molecular weight excluding hydrogens is 286 g/mol. The minimum absolute atomic E-state index is 0.255. The van der Waals surface area contributed by atoms with E-state index in [1.807, 2.05) is 0 Å². The van der Waals surface area contributed by atoms with Gasteiger partial charge in [-0.3, -0.25) is 0 Å². The Morgan fingerprint density at radius 2 is 2.00 bits per heavy atom. The van der Waals surface area contributed by atoms with Crippen LogP contribution in [0.25, 0.3) is 0 Å². The van der Waals surface area contributed by atoms with Gasteiger partial charge in [0.15, 0.2) is 0 Å². The summed E-state index contributed by atoms with van der Waals surface area (Å²) < 4.78 is 53.1. The summed E-state index contributed by atoms with van der Waals surface area (Å²) in [6, 6.07) is 1.30. The molecule has 0 spiro atoms. The maximum atomic E-state index is 13.6. The van der Waals surface area contributed by atoms with Crippen molar-refractivity contribution in [2.24, 2.45) is 11.8 Å². The number of sulfonamides is 1. The van der Waals surface area contributed by atoms with E-state index in [1.54, 1.807) is 0 Å². The molecule has 4 nitrogen and oxygen atoms in total. The maximum Gasteiger partial charge on any atom is 0.243 e. The van der Waals surface area contributed by atoms with E-state index in [1.165, 1.54) is 0 Å². The summed E-state index contributed by atoms with van der Waals surface area (Å²) in [7, 11) is -4.01. The predicted octanol–water partition coefficient (Wildman–Crippen LogP) is 2.26. The summed E-state index contributed by atoms with van der Waals surface area (Å²) in [4.78, 5) is -0.609. The SMILES string of the molecule is CC1CCCC1CNS(=O)(=O)c1cc(N)c(F)cc1F. The zero-order valence-corrected chi connectivity index (χ0v) is 12.0. The lowest BCUT2D eigenvalue weighted by molar-refractivity contribution is 0.414. The molecular formula is C13H18F2N2O2S. The van der Waals surface area contributed by atoms with Gasteiger partial charge >= 0.3 is 0 Å². The highest BCUT2D eigenvalue weighted by Gasteiger charge is 2.27. The molecule has 20 heavy (non-hydrogen) atoms. The van der Waals surface area contributed by atoms with Gasteiger partial charge in [0.25, 0.3) is 0 Å². The van der Waals surface area contributed by atoms with Gasteiger partial charge in [-0.05, 0) is 24.3 Å². The van der Waals surface area contributed by atoms with E-state index in [9.17, 15) is 17.2 Å². The third-order valence-corrected chi connectivity index (χ3v) is 5.35. The highest BCUT2D eigenvalue weighted by molar-refractivity contribution is 7.89. The number of nitrogen functional groups attached to an aromatic ring is 1. The van der Waals surface area contributed by atoms with Gasteiger partial charge in [0.1, 0.15) is 16.5 Å². The number of nitrogens with one attached hydrogen (secondary N) is 1. The summed E-state index contributed by atoms with van der Waals surface area (Å²) >= 11 is 0. The molecule has 1 aromatic carbocycles. The zero-order valence-electron chi connectivity index (χ0n) is 11.2. The molecule has 7 heteroatoms. The minimum Gasteiger partial charge on any atom is -0.396 e. The number of benzene rings is 1. The largest absolute Gasteiger partial charge is 0.396 e. The van der Waals surface area contributed by atoms with E-state index >= 15 is 0 Å². The van der Waals surface area contributed by atoms with Gasteiger partial charge in [0, 0.05) is 12.6 Å². The van der Waals surface area contributed by atoms with Crippen molar-refractivity contribution >= 4 is 15.7 Å². The molecule has 112 valence electrons. The molecule has 1 aliphatic carbocycles. The van der Waals surface area contributed by atoms with E-state index < -0.39 is 26.6 Å². The van der Waals surface area contributed by atoms with Crippen molar-refractivity contribution < 1.29 is 17.2 Å². The normalized spacial score (nSPS) is 23.1. The maximum absolute atomic E-state index is 13.6. The molecule has 0 aromatic heterocycles. The van der Waals surface area contributed by atoms with Crippen molar-refractivity contribution in [1.29, 1.82) is 0 Å². The number of hydrogen-bond acceptors (Lipinski definition) is 3. The van der Waals surface area contributed by atoms with Crippen LogP contribution >= 0.6 is 0 Å². The zero-order chi connectivity index (χ0) is 14.9. The van der Waals surface area contributed by atoms with Crippen molar-refractivity contribution in [2.45, 2.75) is 31.1 Å². The van der Waals surface area contributed by atoms with Crippen LogP contribution in [0.3, 0.4) is 0 Å². The van der Waals surface area contributed by atoms with Gasteiger partial charge < -0.3 is 5.73 Å². The lowest BCUT2D eigenvalue weighted by Crippen LogP contribution is -2.31. The Hall–Kier alpha value is -1.21. The van der Waals surface area contributed by atoms with Crippen LogP contribution in [0.4, 0.5) is 14.5 Å². The highest BCUT2D eigenvalue weighted by Crippen LogP contribution is 2.31. The quantitative estimate of drug-likeness (QED) is 0.838. The van der Waals surface area contributed by atoms with Gasteiger partial charge in [-0.1, -0.05) is 19.8 Å². The second-order valence-electron chi connectivity index (χ2n) is 5.32. The number of rotatable bonds is 4. The topological polar surface area (TPSA) is 72.2 Å². The summed E-state index contributed by atoms with van der Waals surface area (Å²) in [5.74, 6) is -1.40. The monoisotopic (exact) mass is 304 g/mol. The fourth-order valence-corrected chi connectivity index (χ4v) is 3.76. The van der Waals surface area contributed by atoms with Gasteiger partial charge in [0.2, 0.25) is 10.0 Å². The van der Waals surface area contributed by atoms with Crippen LogP contribution in [0.2, 0.25) is 0 Å². The molecule has 2 unspecified atom stereocenters. The summed E-state index contributed by atoms with van der Waals surface area (Å²) in [5.41, 5.74) is 4.90. The molecule has 0 bridgehead atoms. The standard InChI is InChI=1S/C13H18F2N2O2S/c1-8-3-2-4-9(8)7-17-20(18,19)13-6-12(16)10(14)5-11(13)15/h5-6,8-9,17H,2-4,7,16H2,1H3. The first kappa shape index (κ1) is 15.2. The predicted molar refractivity (Wildman–Crippen MR) is 72.5 cm³/mol. The van der Waals surface area contributed by atoms with Gasteiger partial charge in [-0.15, -0.1) is 0 Å². The third kappa shape index (κ3) is 3.09.